The lowest BCUT2D eigenvalue weighted by molar-refractivity contribution is -0.141. The summed E-state index contributed by atoms with van der Waals surface area (Å²) in [4.78, 5) is 0. The largest absolute Gasteiger partial charge is 0.435 e. The Morgan fingerprint density at radius 1 is 1.15 bits per heavy atom. The highest BCUT2D eigenvalue weighted by Crippen LogP contribution is 2.40. The summed E-state index contributed by atoms with van der Waals surface area (Å²) in [6.07, 6.45) is 3.14. The molecule has 2 saturated heterocycles. The number of rotatable bonds is 1. The van der Waals surface area contributed by atoms with Gasteiger partial charge in [-0.15, -0.1) is 0 Å². The van der Waals surface area contributed by atoms with Crippen molar-refractivity contribution >= 4 is 9.84 Å². The van der Waals surface area contributed by atoms with Gasteiger partial charge < -0.3 is 5.32 Å². The number of halogens is 3. The Bertz CT molecular complexity index is 732. The van der Waals surface area contributed by atoms with Crippen LogP contribution in [0.5, 0.6) is 0 Å². The van der Waals surface area contributed by atoms with Crippen molar-refractivity contribution in [1.29, 1.82) is 0 Å². The molecule has 0 aromatic carbocycles. The summed E-state index contributed by atoms with van der Waals surface area (Å²) in [7, 11) is -1.02. The predicted molar refractivity (Wildman–Crippen MR) is 97.2 cm³/mol. The number of nitrogens with zero attached hydrogens (tertiary/aromatic N) is 2. The van der Waals surface area contributed by atoms with Gasteiger partial charge in [-0.05, 0) is 44.8 Å². The number of sulfone groups is 1. The summed E-state index contributed by atoms with van der Waals surface area (Å²) in [5, 5.41) is 6.79. The number of aryl methyl sites for hydroxylation is 1. The van der Waals surface area contributed by atoms with E-state index in [9.17, 15) is 21.6 Å². The maximum absolute atomic E-state index is 12.5. The molecule has 3 heterocycles. The average molecular weight is 408 g/mol. The molecule has 154 valence electrons. The van der Waals surface area contributed by atoms with Gasteiger partial charge in [0.2, 0.25) is 0 Å². The third-order valence-corrected chi connectivity index (χ3v) is 8.05. The van der Waals surface area contributed by atoms with Crippen LogP contribution in [0.4, 0.5) is 13.2 Å². The van der Waals surface area contributed by atoms with Gasteiger partial charge in [0.1, 0.15) is 0 Å². The van der Waals surface area contributed by atoms with E-state index in [4.69, 9.17) is 0 Å². The first kappa shape index (κ1) is 20.6. The van der Waals surface area contributed by atoms with Crippen LogP contribution in [0, 0.1) is 5.41 Å². The molecular formula is C18H28F3N3O2S. The molecule has 0 bridgehead atoms. The highest BCUT2D eigenvalue weighted by molar-refractivity contribution is 7.92. The molecule has 0 atom stereocenters. The zero-order valence-corrected chi connectivity index (χ0v) is 16.5. The fraction of sp³-hybridized carbons (Fsp3) is 0.833. The molecule has 9 heteroatoms. The summed E-state index contributed by atoms with van der Waals surface area (Å²) >= 11 is 0. The van der Waals surface area contributed by atoms with E-state index in [0.717, 1.165) is 57.3 Å². The van der Waals surface area contributed by atoms with Crippen molar-refractivity contribution in [3.8, 4) is 0 Å². The monoisotopic (exact) mass is 407 g/mol. The fourth-order valence-electron chi connectivity index (χ4n) is 4.54. The van der Waals surface area contributed by atoms with Crippen molar-refractivity contribution in [2.75, 3.05) is 24.6 Å². The number of hydrogen-bond donors (Lipinski definition) is 1. The van der Waals surface area contributed by atoms with Gasteiger partial charge in [0.25, 0.3) is 0 Å². The maximum Gasteiger partial charge on any atom is 0.435 e. The van der Waals surface area contributed by atoms with E-state index >= 15 is 0 Å². The molecule has 2 aliphatic heterocycles. The van der Waals surface area contributed by atoms with Crippen LogP contribution >= 0.6 is 0 Å². The molecule has 4 rings (SSSR count). The Morgan fingerprint density at radius 2 is 1.74 bits per heavy atom. The average Bonchev–Trinajstić information content (AvgIpc) is 2.97. The summed E-state index contributed by atoms with van der Waals surface area (Å²) in [6, 6.07) is 1.20. The standard InChI is InChI=1S/C11H15F3N2.C7H13NO2S/c1-16-9(8-5-3-2-4-6-8)7-10(15-16)11(12,13)14;9-11(10)5-7(6-11)1-3-8-4-2-7/h7-8H,2-6H2,1H3;8H,1-6H2. The summed E-state index contributed by atoms with van der Waals surface area (Å²) in [6.45, 7) is 1.99. The fourth-order valence-corrected chi connectivity index (χ4v) is 6.90. The van der Waals surface area contributed by atoms with Crippen LogP contribution in [0.3, 0.4) is 0 Å². The van der Waals surface area contributed by atoms with Crippen molar-refractivity contribution in [1.82, 2.24) is 15.1 Å². The van der Waals surface area contributed by atoms with Crippen LogP contribution in [-0.2, 0) is 23.1 Å². The Balaban J connectivity index is 0.000000166. The van der Waals surface area contributed by atoms with Gasteiger partial charge in [-0.3, -0.25) is 4.68 Å². The first-order valence-corrected chi connectivity index (χ1v) is 11.4. The quantitative estimate of drug-likeness (QED) is 0.776. The molecule has 3 fully saturated rings. The van der Waals surface area contributed by atoms with Crippen LogP contribution in [-0.4, -0.2) is 42.8 Å². The third-order valence-electron chi connectivity index (χ3n) is 5.95. The van der Waals surface area contributed by atoms with E-state index in [1.54, 1.807) is 7.05 Å². The summed E-state index contributed by atoms with van der Waals surface area (Å²) in [5.74, 6) is 1.14. The molecule has 5 nitrogen and oxygen atoms in total. The normalized spacial score (nSPS) is 24.7. The molecule has 0 radical (unpaired) electrons. The van der Waals surface area contributed by atoms with Crippen LogP contribution in [0.15, 0.2) is 6.07 Å². The lowest BCUT2D eigenvalue weighted by Crippen LogP contribution is -2.53. The van der Waals surface area contributed by atoms with Crippen molar-refractivity contribution in [3.63, 3.8) is 0 Å². The second-order valence-electron chi connectivity index (χ2n) is 8.19. The van der Waals surface area contributed by atoms with Gasteiger partial charge in [0.15, 0.2) is 15.5 Å². The van der Waals surface area contributed by atoms with Crippen LogP contribution in [0.25, 0.3) is 0 Å². The van der Waals surface area contributed by atoms with Gasteiger partial charge in [-0.2, -0.15) is 18.3 Å². The number of hydrogen-bond acceptors (Lipinski definition) is 4. The minimum absolute atomic E-state index is 0.185. The zero-order chi connectivity index (χ0) is 19.7. The first-order chi connectivity index (χ1) is 12.6. The SMILES string of the molecule is Cn1nc(C(F)(F)F)cc1C1CCCCC1.O=S1(=O)CC2(CCNCC2)C1. The second-order valence-corrected chi connectivity index (χ2v) is 10.3. The van der Waals surface area contributed by atoms with E-state index in [0.29, 0.717) is 11.5 Å². The van der Waals surface area contributed by atoms with Crippen LogP contribution in [0.2, 0.25) is 0 Å². The van der Waals surface area contributed by atoms with Gasteiger partial charge in [-0.1, -0.05) is 19.3 Å². The van der Waals surface area contributed by atoms with E-state index in [1.165, 1.54) is 17.2 Å². The van der Waals surface area contributed by atoms with Crippen LogP contribution in [0.1, 0.15) is 62.3 Å². The third kappa shape index (κ3) is 5.04. The molecule has 1 saturated carbocycles. The summed E-state index contributed by atoms with van der Waals surface area (Å²) in [5.41, 5.74) is 0.145. The van der Waals surface area contributed by atoms with Crippen molar-refractivity contribution in [3.05, 3.63) is 17.5 Å². The van der Waals surface area contributed by atoms with Crippen molar-refractivity contribution in [2.24, 2.45) is 12.5 Å². The van der Waals surface area contributed by atoms with Crippen LogP contribution < -0.4 is 5.32 Å². The zero-order valence-electron chi connectivity index (χ0n) is 15.7. The van der Waals surface area contributed by atoms with Gasteiger partial charge in [0, 0.05) is 24.1 Å². The van der Waals surface area contributed by atoms with E-state index in [-0.39, 0.29) is 11.3 Å². The van der Waals surface area contributed by atoms with Gasteiger partial charge in [0.05, 0.1) is 11.5 Å². The molecule has 1 spiro atoms. The van der Waals surface area contributed by atoms with Gasteiger partial charge >= 0.3 is 6.18 Å². The molecular weight excluding hydrogens is 379 g/mol. The number of alkyl halides is 3. The second kappa shape index (κ2) is 7.73. The Hall–Kier alpha value is -1.09. The number of nitrogens with one attached hydrogen (secondary N) is 1. The lowest BCUT2D eigenvalue weighted by Gasteiger charge is -2.44. The van der Waals surface area contributed by atoms with E-state index < -0.39 is 21.7 Å². The molecule has 0 amide bonds. The molecule has 0 unspecified atom stereocenters. The lowest BCUT2D eigenvalue weighted by atomic mass is 9.82. The molecule has 1 N–H and O–H groups in total. The van der Waals surface area contributed by atoms with E-state index in [1.807, 2.05) is 0 Å². The topological polar surface area (TPSA) is 64.0 Å². The Labute approximate surface area is 158 Å². The number of piperidine rings is 1. The number of aromatic nitrogens is 2. The van der Waals surface area contributed by atoms with Crippen molar-refractivity contribution < 1.29 is 21.6 Å². The van der Waals surface area contributed by atoms with E-state index in [2.05, 4.69) is 10.4 Å². The molecule has 27 heavy (non-hydrogen) atoms. The van der Waals surface area contributed by atoms with Gasteiger partial charge in [-0.25, -0.2) is 8.42 Å². The Morgan fingerprint density at radius 3 is 2.22 bits per heavy atom. The molecule has 1 aromatic rings. The maximum atomic E-state index is 12.5. The highest BCUT2D eigenvalue weighted by Gasteiger charge is 2.48. The minimum atomic E-state index is -4.33. The van der Waals surface area contributed by atoms with Crippen molar-refractivity contribution in [2.45, 2.75) is 57.0 Å². The highest BCUT2D eigenvalue weighted by atomic mass is 32.2. The summed E-state index contributed by atoms with van der Waals surface area (Å²) < 4.78 is 60.7. The first-order valence-electron chi connectivity index (χ1n) is 9.63. The molecule has 1 aliphatic carbocycles. The predicted octanol–water partition coefficient (Wildman–Crippen LogP) is 3.27. The Kier molecular flexibility index (Phi) is 5.91. The smallest absolute Gasteiger partial charge is 0.317 e. The molecule has 3 aliphatic rings. The molecule has 1 aromatic heterocycles. The minimum Gasteiger partial charge on any atom is -0.317 e.